The number of nitro groups is 1. The minimum absolute atomic E-state index is 0.0342. The van der Waals surface area contributed by atoms with Gasteiger partial charge in [-0.3, -0.25) is 14.9 Å². The van der Waals surface area contributed by atoms with E-state index >= 15 is 0 Å². The summed E-state index contributed by atoms with van der Waals surface area (Å²) in [6.45, 7) is 1.66. The van der Waals surface area contributed by atoms with Crippen molar-refractivity contribution in [2.24, 2.45) is 5.10 Å². The predicted octanol–water partition coefficient (Wildman–Crippen LogP) is 3.37. The summed E-state index contributed by atoms with van der Waals surface area (Å²) in [4.78, 5) is 23.3. The number of non-ortho nitro benzene ring substituents is 1. The van der Waals surface area contributed by atoms with E-state index in [2.05, 4.69) is 10.5 Å². The van der Waals surface area contributed by atoms with Crippen molar-refractivity contribution in [1.82, 2.24) is 5.43 Å². The third-order valence-corrected chi connectivity index (χ3v) is 4.53. The standard InChI is InChI=1S/C22H19N3O4/c1-16(17-12-14-20(15-13-17)25(28)29)23-24-21(26)22(27,18-8-4-2-5-9-18)19-10-6-3-7-11-19/h2-15,27H,1H3,(H,24,26)/b23-16-. The molecule has 1 amide bonds. The number of hydrazone groups is 1. The molecule has 0 aromatic heterocycles. The van der Waals surface area contributed by atoms with E-state index in [-0.39, 0.29) is 5.69 Å². The molecule has 146 valence electrons. The quantitative estimate of drug-likeness (QED) is 0.383. The number of aliphatic hydroxyl groups is 1. The Bertz CT molecular complexity index is 993. The van der Waals surface area contributed by atoms with Crippen LogP contribution in [0.25, 0.3) is 0 Å². The lowest BCUT2D eigenvalue weighted by atomic mass is 9.85. The van der Waals surface area contributed by atoms with Gasteiger partial charge in [-0.25, -0.2) is 5.43 Å². The maximum absolute atomic E-state index is 13.0. The van der Waals surface area contributed by atoms with E-state index in [1.807, 2.05) is 0 Å². The molecule has 0 unspecified atom stereocenters. The number of nitro benzene ring substituents is 1. The van der Waals surface area contributed by atoms with Crippen molar-refractivity contribution in [2.75, 3.05) is 0 Å². The first-order valence-corrected chi connectivity index (χ1v) is 8.86. The number of amides is 1. The Morgan fingerprint density at radius 3 is 1.86 bits per heavy atom. The monoisotopic (exact) mass is 389 g/mol. The summed E-state index contributed by atoms with van der Waals surface area (Å²) in [5.41, 5.74) is 2.33. The lowest BCUT2D eigenvalue weighted by Crippen LogP contribution is -2.43. The van der Waals surface area contributed by atoms with Crippen molar-refractivity contribution in [1.29, 1.82) is 0 Å². The highest BCUT2D eigenvalue weighted by molar-refractivity contribution is 6.00. The number of carbonyl (C=O) groups excluding carboxylic acids is 1. The van der Waals surface area contributed by atoms with Crippen LogP contribution < -0.4 is 5.43 Å². The summed E-state index contributed by atoms with van der Waals surface area (Å²) >= 11 is 0. The molecule has 0 aliphatic carbocycles. The van der Waals surface area contributed by atoms with Gasteiger partial charge < -0.3 is 5.11 Å². The maximum atomic E-state index is 13.0. The van der Waals surface area contributed by atoms with Gasteiger partial charge in [0, 0.05) is 12.1 Å². The Kier molecular flexibility index (Phi) is 5.80. The molecule has 7 heteroatoms. The zero-order valence-corrected chi connectivity index (χ0v) is 15.6. The van der Waals surface area contributed by atoms with E-state index in [0.717, 1.165) is 0 Å². The normalized spacial score (nSPS) is 11.7. The van der Waals surface area contributed by atoms with Crippen LogP contribution in [0, 0.1) is 10.1 Å². The highest BCUT2D eigenvalue weighted by Crippen LogP contribution is 2.29. The fraction of sp³-hybridized carbons (Fsp3) is 0.0909. The summed E-state index contributed by atoms with van der Waals surface area (Å²) in [5.74, 6) is -0.712. The van der Waals surface area contributed by atoms with Gasteiger partial charge in [0.15, 0.2) is 5.60 Å². The Labute approximate surface area is 167 Å². The molecule has 7 nitrogen and oxygen atoms in total. The van der Waals surface area contributed by atoms with Crippen molar-refractivity contribution in [3.05, 3.63) is 112 Å². The van der Waals surface area contributed by atoms with E-state index in [9.17, 15) is 20.0 Å². The van der Waals surface area contributed by atoms with E-state index < -0.39 is 16.4 Å². The largest absolute Gasteiger partial charge is 0.372 e. The first-order valence-electron chi connectivity index (χ1n) is 8.86. The Balaban J connectivity index is 1.89. The SMILES string of the molecule is C/C(=N/NC(=O)C(O)(c1ccccc1)c1ccccc1)c1ccc([N+](=O)[O-])cc1. The number of hydrogen-bond donors (Lipinski definition) is 2. The molecule has 0 radical (unpaired) electrons. The summed E-state index contributed by atoms with van der Waals surface area (Å²) in [6, 6.07) is 23.0. The smallest absolute Gasteiger partial charge is 0.281 e. The Hall–Kier alpha value is -3.84. The second-order valence-electron chi connectivity index (χ2n) is 6.38. The van der Waals surface area contributed by atoms with Crippen LogP contribution in [0.3, 0.4) is 0 Å². The van der Waals surface area contributed by atoms with Gasteiger partial charge in [-0.2, -0.15) is 5.10 Å². The van der Waals surface area contributed by atoms with Gasteiger partial charge in [-0.1, -0.05) is 60.7 Å². The van der Waals surface area contributed by atoms with E-state index in [1.165, 1.54) is 12.1 Å². The van der Waals surface area contributed by atoms with Crippen molar-refractivity contribution in [3.63, 3.8) is 0 Å². The van der Waals surface area contributed by atoms with Gasteiger partial charge in [0.1, 0.15) is 0 Å². The van der Waals surface area contributed by atoms with Gasteiger partial charge in [-0.15, -0.1) is 0 Å². The zero-order chi connectivity index (χ0) is 20.9. The predicted molar refractivity (Wildman–Crippen MR) is 109 cm³/mol. The van der Waals surface area contributed by atoms with E-state index in [4.69, 9.17) is 0 Å². The number of benzene rings is 3. The molecule has 2 N–H and O–H groups in total. The first-order chi connectivity index (χ1) is 13.9. The fourth-order valence-electron chi connectivity index (χ4n) is 2.89. The van der Waals surface area contributed by atoms with E-state index in [1.54, 1.807) is 79.7 Å². The molecule has 0 fully saturated rings. The molecule has 0 aliphatic heterocycles. The Morgan fingerprint density at radius 1 is 0.931 bits per heavy atom. The fourth-order valence-corrected chi connectivity index (χ4v) is 2.89. The molecule has 0 spiro atoms. The molecule has 3 aromatic carbocycles. The number of nitrogens with zero attached hydrogens (tertiary/aromatic N) is 2. The number of nitrogens with one attached hydrogen (secondary N) is 1. The second-order valence-corrected chi connectivity index (χ2v) is 6.38. The van der Waals surface area contributed by atoms with Crippen LogP contribution in [-0.2, 0) is 10.4 Å². The summed E-state index contributed by atoms with van der Waals surface area (Å²) < 4.78 is 0. The van der Waals surface area contributed by atoms with Crippen LogP contribution >= 0.6 is 0 Å². The summed E-state index contributed by atoms with van der Waals surface area (Å²) in [6.07, 6.45) is 0. The average molecular weight is 389 g/mol. The highest BCUT2D eigenvalue weighted by atomic mass is 16.6. The number of carbonyl (C=O) groups is 1. The van der Waals surface area contributed by atoms with Crippen molar-refractivity contribution < 1.29 is 14.8 Å². The van der Waals surface area contributed by atoms with E-state index in [0.29, 0.717) is 22.4 Å². The molecule has 0 bridgehead atoms. The van der Waals surface area contributed by atoms with Crippen LogP contribution in [0.2, 0.25) is 0 Å². The topological polar surface area (TPSA) is 105 Å². The molecular formula is C22H19N3O4. The second kappa shape index (κ2) is 8.45. The van der Waals surface area contributed by atoms with Gasteiger partial charge in [-0.05, 0) is 35.7 Å². The van der Waals surface area contributed by atoms with Crippen LogP contribution in [-0.4, -0.2) is 21.6 Å². The molecule has 0 aliphatic rings. The van der Waals surface area contributed by atoms with Crippen molar-refractivity contribution >= 4 is 17.3 Å². The van der Waals surface area contributed by atoms with Crippen molar-refractivity contribution in [2.45, 2.75) is 12.5 Å². The van der Waals surface area contributed by atoms with Crippen LogP contribution in [0.1, 0.15) is 23.6 Å². The van der Waals surface area contributed by atoms with Crippen LogP contribution in [0.15, 0.2) is 90.0 Å². The highest BCUT2D eigenvalue weighted by Gasteiger charge is 2.39. The van der Waals surface area contributed by atoms with Crippen LogP contribution in [0.5, 0.6) is 0 Å². The third-order valence-electron chi connectivity index (χ3n) is 4.53. The summed E-state index contributed by atoms with van der Waals surface area (Å²) in [5, 5.41) is 26.2. The maximum Gasteiger partial charge on any atom is 0.281 e. The lowest BCUT2D eigenvalue weighted by molar-refractivity contribution is -0.384. The average Bonchev–Trinajstić information content (AvgIpc) is 2.77. The molecular weight excluding hydrogens is 370 g/mol. The molecule has 0 saturated heterocycles. The minimum Gasteiger partial charge on any atom is -0.372 e. The molecule has 0 heterocycles. The molecule has 0 atom stereocenters. The van der Waals surface area contributed by atoms with Gasteiger partial charge >= 0.3 is 0 Å². The Morgan fingerprint density at radius 2 is 1.41 bits per heavy atom. The molecule has 3 rings (SSSR count). The molecule has 0 saturated carbocycles. The zero-order valence-electron chi connectivity index (χ0n) is 15.6. The molecule has 29 heavy (non-hydrogen) atoms. The number of rotatable bonds is 6. The van der Waals surface area contributed by atoms with Crippen molar-refractivity contribution in [3.8, 4) is 0 Å². The third kappa shape index (κ3) is 4.20. The van der Waals surface area contributed by atoms with Gasteiger partial charge in [0.2, 0.25) is 0 Å². The summed E-state index contributed by atoms with van der Waals surface area (Å²) in [7, 11) is 0. The lowest BCUT2D eigenvalue weighted by Gasteiger charge is -2.27. The number of hydrogen-bond acceptors (Lipinski definition) is 5. The minimum atomic E-state index is -1.93. The molecule has 3 aromatic rings. The van der Waals surface area contributed by atoms with Gasteiger partial charge in [0.05, 0.1) is 10.6 Å². The van der Waals surface area contributed by atoms with Gasteiger partial charge in [0.25, 0.3) is 11.6 Å². The first kappa shape index (κ1) is 19.9. The van der Waals surface area contributed by atoms with Crippen LogP contribution in [0.4, 0.5) is 5.69 Å².